The van der Waals surface area contributed by atoms with Crippen LogP contribution in [-0.4, -0.2) is 11.0 Å². The van der Waals surface area contributed by atoms with Gasteiger partial charge in [0.25, 0.3) is 0 Å². The number of fused-ring (bicyclic) bond motifs is 1. The zero-order chi connectivity index (χ0) is 21.2. The van der Waals surface area contributed by atoms with E-state index in [1.807, 2.05) is 0 Å². The second kappa shape index (κ2) is 9.08. The van der Waals surface area contributed by atoms with Crippen LogP contribution in [0.25, 0.3) is 0 Å². The molecule has 0 aromatic heterocycles. The molecule has 0 aromatic rings. The van der Waals surface area contributed by atoms with Gasteiger partial charge in [-0.3, -0.25) is 0 Å². The summed E-state index contributed by atoms with van der Waals surface area (Å²) in [7, 11) is 0. The quantitative estimate of drug-likeness (QED) is 0.478. The lowest BCUT2D eigenvalue weighted by atomic mass is 9.60. The van der Waals surface area contributed by atoms with Crippen LogP contribution in [0.5, 0.6) is 0 Å². The fourth-order valence-electron chi connectivity index (χ4n) is 6.66. The molecule has 3 rings (SSSR count). The van der Waals surface area contributed by atoms with Crippen molar-refractivity contribution in [2.45, 2.75) is 104 Å². The molecule has 3 aliphatic rings. The third kappa shape index (κ3) is 5.24. The molecule has 0 radical (unpaired) electrons. The Morgan fingerprint density at radius 2 is 1.90 bits per heavy atom. The average Bonchev–Trinajstić information content (AvgIpc) is 2.99. The minimum absolute atomic E-state index is 0.0903. The van der Waals surface area contributed by atoms with E-state index in [9.17, 15) is 9.50 Å². The van der Waals surface area contributed by atoms with E-state index < -0.39 is 5.85 Å². The fourth-order valence-corrected chi connectivity index (χ4v) is 6.66. The van der Waals surface area contributed by atoms with Gasteiger partial charge >= 0.3 is 0 Å². The second-order valence-electron chi connectivity index (χ2n) is 11.0. The van der Waals surface area contributed by atoms with Crippen molar-refractivity contribution in [3.63, 3.8) is 0 Å². The van der Waals surface area contributed by atoms with Crippen molar-refractivity contribution >= 4 is 0 Å². The number of hydrogen-bond donors (Lipinski definition) is 1. The number of allylic oxidation sites excluding steroid dienone is 4. The van der Waals surface area contributed by atoms with Gasteiger partial charge in [-0.05, 0) is 73.2 Å². The normalized spacial score (nSPS) is 39.3. The highest BCUT2D eigenvalue weighted by molar-refractivity contribution is 5.36. The average molecular weight is 403 g/mol. The van der Waals surface area contributed by atoms with Gasteiger partial charge in [-0.15, -0.1) is 0 Å². The van der Waals surface area contributed by atoms with Crippen LogP contribution in [0.15, 0.2) is 35.5 Å². The van der Waals surface area contributed by atoms with Gasteiger partial charge in [-0.1, -0.05) is 76.8 Å². The van der Waals surface area contributed by atoms with Gasteiger partial charge in [-0.25, -0.2) is 4.39 Å². The number of aliphatic hydroxyl groups is 1. The Bertz CT molecular complexity index is 655. The molecule has 5 atom stereocenters. The van der Waals surface area contributed by atoms with Crippen molar-refractivity contribution in [2.24, 2.45) is 29.1 Å². The summed E-state index contributed by atoms with van der Waals surface area (Å²) in [4.78, 5) is 0. The number of halogens is 1. The molecule has 0 amide bonds. The molecule has 0 aromatic carbocycles. The standard InChI is InChI=1S/C27H43FO/c1-19(2)8-6-9-21(4)24-13-14-25-22(10-7-16-26(24,25)5)11-12-23-18-27(28,29)17-15-20(23)3/h11-12,19,21,24-25,29H,3,6-10,13-18H2,1-2,4-5H3/b22-11?,23-12-/t21-,24-,25?,26-,27+/m1/s1. The Balaban J connectivity index is 1.71. The summed E-state index contributed by atoms with van der Waals surface area (Å²) < 4.78 is 14.1. The Hall–Kier alpha value is -0.890. The third-order valence-electron chi connectivity index (χ3n) is 8.39. The molecule has 3 fully saturated rings. The summed E-state index contributed by atoms with van der Waals surface area (Å²) >= 11 is 0. The van der Waals surface area contributed by atoms with E-state index in [1.165, 1.54) is 51.4 Å². The Morgan fingerprint density at radius 3 is 2.62 bits per heavy atom. The number of hydrogen-bond acceptors (Lipinski definition) is 1. The van der Waals surface area contributed by atoms with Crippen LogP contribution in [0.1, 0.15) is 98.3 Å². The summed E-state index contributed by atoms with van der Waals surface area (Å²) in [6, 6.07) is 0. The van der Waals surface area contributed by atoms with E-state index in [0.29, 0.717) is 17.8 Å². The van der Waals surface area contributed by atoms with Gasteiger partial charge in [-0.2, -0.15) is 0 Å². The summed E-state index contributed by atoms with van der Waals surface area (Å²) in [5.74, 6) is 1.06. The summed E-state index contributed by atoms with van der Waals surface area (Å²) in [6.45, 7) is 13.8. The first-order valence-corrected chi connectivity index (χ1v) is 12.1. The van der Waals surface area contributed by atoms with Gasteiger partial charge in [0, 0.05) is 12.8 Å². The Morgan fingerprint density at radius 1 is 1.14 bits per heavy atom. The Kier molecular flexibility index (Phi) is 7.14. The van der Waals surface area contributed by atoms with Crippen molar-refractivity contribution in [3.05, 3.63) is 35.5 Å². The molecule has 0 saturated heterocycles. The zero-order valence-corrected chi connectivity index (χ0v) is 19.3. The van der Waals surface area contributed by atoms with Crippen LogP contribution in [0.2, 0.25) is 0 Å². The van der Waals surface area contributed by atoms with Crippen molar-refractivity contribution in [2.75, 3.05) is 0 Å². The van der Waals surface area contributed by atoms with E-state index >= 15 is 0 Å². The van der Waals surface area contributed by atoms with Crippen LogP contribution in [0.4, 0.5) is 4.39 Å². The molecule has 1 unspecified atom stereocenters. The summed E-state index contributed by atoms with van der Waals surface area (Å²) in [6.07, 6.45) is 15.7. The molecule has 0 bridgehead atoms. The molecule has 0 heterocycles. The zero-order valence-electron chi connectivity index (χ0n) is 19.3. The Labute approximate surface area is 178 Å². The van der Waals surface area contributed by atoms with E-state index in [4.69, 9.17) is 0 Å². The number of rotatable bonds is 6. The molecule has 1 N–H and O–H groups in total. The molecule has 0 spiro atoms. The highest BCUT2D eigenvalue weighted by Crippen LogP contribution is 2.60. The lowest BCUT2D eigenvalue weighted by molar-refractivity contribution is -0.0970. The first kappa shape index (κ1) is 22.8. The monoisotopic (exact) mass is 402 g/mol. The molecule has 29 heavy (non-hydrogen) atoms. The second-order valence-corrected chi connectivity index (χ2v) is 11.0. The smallest absolute Gasteiger partial charge is 0.211 e. The van der Waals surface area contributed by atoms with Gasteiger partial charge < -0.3 is 5.11 Å². The van der Waals surface area contributed by atoms with Crippen LogP contribution in [0.3, 0.4) is 0 Å². The fraction of sp³-hybridized carbons (Fsp3) is 0.778. The van der Waals surface area contributed by atoms with Gasteiger partial charge in [0.05, 0.1) is 0 Å². The maximum Gasteiger partial charge on any atom is 0.211 e. The van der Waals surface area contributed by atoms with Gasteiger partial charge in [0.2, 0.25) is 5.85 Å². The molecular formula is C27H43FO. The molecule has 3 saturated carbocycles. The van der Waals surface area contributed by atoms with Gasteiger partial charge in [0.1, 0.15) is 0 Å². The highest BCUT2D eigenvalue weighted by atomic mass is 19.2. The molecule has 2 heteroatoms. The van der Waals surface area contributed by atoms with Crippen molar-refractivity contribution in [1.82, 2.24) is 0 Å². The lowest BCUT2D eigenvalue weighted by Crippen LogP contribution is -2.36. The minimum atomic E-state index is -2.06. The highest BCUT2D eigenvalue weighted by Gasteiger charge is 2.50. The van der Waals surface area contributed by atoms with Crippen LogP contribution < -0.4 is 0 Å². The van der Waals surface area contributed by atoms with Crippen LogP contribution >= 0.6 is 0 Å². The first-order valence-electron chi connectivity index (χ1n) is 12.1. The SMILES string of the molecule is C=C1CC[C@@](O)(F)C/C1=C/C=C1CCC[C@@]2(C)C1CC[C@@H]2[C@H](C)CCCC(C)C. The lowest BCUT2D eigenvalue weighted by Gasteiger charge is -2.44. The first-order chi connectivity index (χ1) is 13.6. The van der Waals surface area contributed by atoms with Crippen LogP contribution in [0, 0.1) is 29.1 Å². The summed E-state index contributed by atoms with van der Waals surface area (Å²) in [5.41, 5.74) is 3.87. The summed E-state index contributed by atoms with van der Waals surface area (Å²) in [5, 5.41) is 9.82. The minimum Gasteiger partial charge on any atom is -0.361 e. The van der Waals surface area contributed by atoms with E-state index in [2.05, 4.69) is 46.4 Å². The maximum atomic E-state index is 14.1. The van der Waals surface area contributed by atoms with E-state index in [-0.39, 0.29) is 12.8 Å². The molecule has 0 aliphatic heterocycles. The molecule has 164 valence electrons. The molecule has 3 aliphatic carbocycles. The van der Waals surface area contributed by atoms with Crippen molar-refractivity contribution in [3.8, 4) is 0 Å². The predicted octanol–water partition coefficient (Wildman–Crippen LogP) is 7.92. The topological polar surface area (TPSA) is 20.2 Å². The van der Waals surface area contributed by atoms with Gasteiger partial charge in [0.15, 0.2) is 0 Å². The number of alkyl halides is 1. The van der Waals surface area contributed by atoms with Crippen LogP contribution in [-0.2, 0) is 0 Å². The molecular weight excluding hydrogens is 359 g/mol. The predicted molar refractivity (Wildman–Crippen MR) is 121 cm³/mol. The van der Waals surface area contributed by atoms with E-state index in [0.717, 1.165) is 28.9 Å². The largest absolute Gasteiger partial charge is 0.361 e. The van der Waals surface area contributed by atoms with E-state index in [1.54, 1.807) is 5.57 Å². The molecule has 1 nitrogen and oxygen atoms in total. The van der Waals surface area contributed by atoms with Crippen molar-refractivity contribution < 1.29 is 9.50 Å². The van der Waals surface area contributed by atoms with Crippen molar-refractivity contribution in [1.29, 1.82) is 0 Å². The maximum absolute atomic E-state index is 14.1. The third-order valence-corrected chi connectivity index (χ3v) is 8.39.